The standard InChI is InChI=1S/C14H24N2S/c1-4-13-10-16(8-7-15-13)11(2)9-14-6-5-12(3)17-14/h5-6,11,13,15H,4,7-10H2,1-3H3. The Labute approximate surface area is 109 Å². The second-order valence-electron chi connectivity index (χ2n) is 5.12. The third-order valence-corrected chi connectivity index (χ3v) is 4.72. The van der Waals surface area contributed by atoms with E-state index in [9.17, 15) is 0 Å². The molecule has 17 heavy (non-hydrogen) atoms. The van der Waals surface area contributed by atoms with Crippen LogP contribution in [0, 0.1) is 6.92 Å². The molecule has 1 aromatic rings. The number of hydrogen-bond donors (Lipinski definition) is 1. The van der Waals surface area contributed by atoms with Crippen LogP contribution in [0.2, 0.25) is 0 Å². The van der Waals surface area contributed by atoms with Gasteiger partial charge in [-0.05, 0) is 38.8 Å². The normalized spacial score (nSPS) is 23.8. The summed E-state index contributed by atoms with van der Waals surface area (Å²) in [6.45, 7) is 10.4. The number of hydrogen-bond acceptors (Lipinski definition) is 3. The topological polar surface area (TPSA) is 15.3 Å². The highest BCUT2D eigenvalue weighted by Crippen LogP contribution is 2.19. The van der Waals surface area contributed by atoms with Gasteiger partial charge in [0.15, 0.2) is 0 Å². The van der Waals surface area contributed by atoms with E-state index in [4.69, 9.17) is 0 Å². The Morgan fingerprint density at radius 1 is 1.53 bits per heavy atom. The van der Waals surface area contributed by atoms with Crippen LogP contribution in [0.15, 0.2) is 12.1 Å². The van der Waals surface area contributed by atoms with Gasteiger partial charge in [-0.1, -0.05) is 6.92 Å². The minimum Gasteiger partial charge on any atom is -0.311 e. The van der Waals surface area contributed by atoms with E-state index in [0.29, 0.717) is 12.1 Å². The molecule has 1 aromatic heterocycles. The summed E-state index contributed by atoms with van der Waals surface area (Å²) in [7, 11) is 0. The van der Waals surface area contributed by atoms with Crippen molar-refractivity contribution in [1.29, 1.82) is 0 Å². The molecule has 1 aliphatic heterocycles. The molecular weight excluding hydrogens is 228 g/mol. The summed E-state index contributed by atoms with van der Waals surface area (Å²) in [5, 5.41) is 3.58. The zero-order valence-corrected chi connectivity index (χ0v) is 12.0. The summed E-state index contributed by atoms with van der Waals surface area (Å²) < 4.78 is 0. The maximum Gasteiger partial charge on any atom is 0.0193 e. The van der Waals surface area contributed by atoms with Crippen LogP contribution in [0.25, 0.3) is 0 Å². The number of rotatable bonds is 4. The van der Waals surface area contributed by atoms with Crippen LogP contribution < -0.4 is 5.32 Å². The van der Waals surface area contributed by atoms with Gasteiger partial charge < -0.3 is 5.32 Å². The molecule has 2 unspecified atom stereocenters. The first-order chi connectivity index (χ1) is 8.19. The van der Waals surface area contributed by atoms with Crippen LogP contribution in [0.4, 0.5) is 0 Å². The molecule has 1 aliphatic rings. The van der Waals surface area contributed by atoms with Gasteiger partial charge in [-0.3, -0.25) is 4.90 Å². The van der Waals surface area contributed by atoms with Crippen LogP contribution in [0.5, 0.6) is 0 Å². The van der Waals surface area contributed by atoms with Crippen LogP contribution in [-0.4, -0.2) is 36.6 Å². The number of aryl methyl sites for hydroxylation is 1. The highest BCUT2D eigenvalue weighted by atomic mass is 32.1. The van der Waals surface area contributed by atoms with Gasteiger partial charge in [0.05, 0.1) is 0 Å². The lowest BCUT2D eigenvalue weighted by Gasteiger charge is -2.37. The fourth-order valence-electron chi connectivity index (χ4n) is 2.54. The fourth-order valence-corrected chi connectivity index (χ4v) is 3.55. The van der Waals surface area contributed by atoms with Crippen molar-refractivity contribution in [2.45, 2.75) is 45.7 Å². The maximum atomic E-state index is 3.58. The number of piperazine rings is 1. The monoisotopic (exact) mass is 252 g/mol. The molecule has 0 radical (unpaired) electrons. The molecule has 3 heteroatoms. The Bertz CT molecular complexity index is 348. The fraction of sp³-hybridized carbons (Fsp3) is 0.714. The second kappa shape index (κ2) is 5.98. The smallest absolute Gasteiger partial charge is 0.0193 e. The molecular formula is C14H24N2S. The van der Waals surface area contributed by atoms with Crippen LogP contribution in [-0.2, 0) is 6.42 Å². The second-order valence-corrected chi connectivity index (χ2v) is 6.49. The molecule has 0 bridgehead atoms. The van der Waals surface area contributed by atoms with Crippen LogP contribution in [0.1, 0.15) is 30.0 Å². The Hall–Kier alpha value is -0.380. The first-order valence-electron chi connectivity index (χ1n) is 6.71. The van der Waals surface area contributed by atoms with Crippen molar-refractivity contribution in [3.05, 3.63) is 21.9 Å². The predicted octanol–water partition coefficient (Wildman–Crippen LogP) is 2.67. The molecule has 1 saturated heterocycles. The van der Waals surface area contributed by atoms with Gasteiger partial charge in [-0.25, -0.2) is 0 Å². The third kappa shape index (κ3) is 3.54. The molecule has 1 fully saturated rings. The van der Waals surface area contributed by atoms with E-state index >= 15 is 0 Å². The average Bonchev–Trinajstić information content (AvgIpc) is 2.75. The molecule has 96 valence electrons. The molecule has 0 aromatic carbocycles. The molecule has 2 atom stereocenters. The SMILES string of the molecule is CCC1CN(C(C)Cc2ccc(C)s2)CCN1. The zero-order valence-electron chi connectivity index (χ0n) is 11.2. The van der Waals surface area contributed by atoms with E-state index in [1.54, 1.807) is 0 Å². The van der Waals surface area contributed by atoms with E-state index in [-0.39, 0.29) is 0 Å². The molecule has 2 heterocycles. The summed E-state index contributed by atoms with van der Waals surface area (Å²) in [4.78, 5) is 5.60. The molecule has 1 N–H and O–H groups in total. The van der Waals surface area contributed by atoms with E-state index < -0.39 is 0 Å². The summed E-state index contributed by atoms with van der Waals surface area (Å²) in [5.41, 5.74) is 0. The molecule has 0 spiro atoms. The Morgan fingerprint density at radius 3 is 3.00 bits per heavy atom. The Kier molecular flexibility index (Phi) is 4.60. The summed E-state index contributed by atoms with van der Waals surface area (Å²) in [6, 6.07) is 5.88. The zero-order chi connectivity index (χ0) is 12.3. The summed E-state index contributed by atoms with van der Waals surface area (Å²) >= 11 is 1.94. The highest BCUT2D eigenvalue weighted by molar-refractivity contribution is 7.11. The van der Waals surface area contributed by atoms with Crippen molar-refractivity contribution in [1.82, 2.24) is 10.2 Å². The largest absolute Gasteiger partial charge is 0.311 e. The van der Waals surface area contributed by atoms with E-state index in [1.807, 2.05) is 11.3 Å². The predicted molar refractivity (Wildman–Crippen MR) is 75.9 cm³/mol. The molecule has 2 nitrogen and oxygen atoms in total. The molecule has 0 amide bonds. The van der Waals surface area contributed by atoms with E-state index in [0.717, 1.165) is 6.54 Å². The van der Waals surface area contributed by atoms with Crippen molar-refractivity contribution in [3.63, 3.8) is 0 Å². The lowest BCUT2D eigenvalue weighted by Crippen LogP contribution is -2.53. The van der Waals surface area contributed by atoms with E-state index in [1.165, 1.54) is 35.7 Å². The number of nitrogens with one attached hydrogen (secondary N) is 1. The van der Waals surface area contributed by atoms with Gasteiger partial charge >= 0.3 is 0 Å². The highest BCUT2D eigenvalue weighted by Gasteiger charge is 2.22. The molecule has 0 aliphatic carbocycles. The Morgan fingerprint density at radius 2 is 2.35 bits per heavy atom. The summed E-state index contributed by atoms with van der Waals surface area (Å²) in [5.74, 6) is 0. The lowest BCUT2D eigenvalue weighted by atomic mass is 10.1. The Balaban J connectivity index is 1.88. The van der Waals surface area contributed by atoms with Crippen molar-refractivity contribution >= 4 is 11.3 Å². The summed E-state index contributed by atoms with van der Waals surface area (Å²) in [6.07, 6.45) is 2.44. The lowest BCUT2D eigenvalue weighted by molar-refractivity contribution is 0.150. The average molecular weight is 252 g/mol. The molecule has 0 saturated carbocycles. The van der Waals surface area contributed by atoms with Crippen molar-refractivity contribution < 1.29 is 0 Å². The van der Waals surface area contributed by atoms with Gasteiger partial charge in [-0.15, -0.1) is 11.3 Å². The van der Waals surface area contributed by atoms with Gasteiger partial charge in [0, 0.05) is 41.5 Å². The van der Waals surface area contributed by atoms with Crippen LogP contribution >= 0.6 is 11.3 Å². The molecule has 2 rings (SSSR count). The van der Waals surface area contributed by atoms with Crippen LogP contribution in [0.3, 0.4) is 0 Å². The number of nitrogens with zero attached hydrogens (tertiary/aromatic N) is 1. The minimum absolute atomic E-state index is 0.671. The van der Waals surface area contributed by atoms with Crippen molar-refractivity contribution in [2.75, 3.05) is 19.6 Å². The van der Waals surface area contributed by atoms with Gasteiger partial charge in [0.1, 0.15) is 0 Å². The van der Waals surface area contributed by atoms with Gasteiger partial charge in [0.25, 0.3) is 0 Å². The van der Waals surface area contributed by atoms with Crippen molar-refractivity contribution in [3.8, 4) is 0 Å². The van der Waals surface area contributed by atoms with Gasteiger partial charge in [0.2, 0.25) is 0 Å². The first kappa shape index (κ1) is 13.1. The maximum absolute atomic E-state index is 3.58. The quantitative estimate of drug-likeness (QED) is 0.886. The first-order valence-corrected chi connectivity index (χ1v) is 7.53. The van der Waals surface area contributed by atoms with Gasteiger partial charge in [-0.2, -0.15) is 0 Å². The number of thiophene rings is 1. The third-order valence-electron chi connectivity index (χ3n) is 3.70. The van der Waals surface area contributed by atoms with Crippen molar-refractivity contribution in [2.24, 2.45) is 0 Å². The minimum atomic E-state index is 0.671. The van der Waals surface area contributed by atoms with E-state index in [2.05, 4.69) is 43.1 Å².